The summed E-state index contributed by atoms with van der Waals surface area (Å²) < 4.78 is 10.5. The molecule has 0 spiro atoms. The second-order valence-corrected chi connectivity index (χ2v) is 7.20. The first-order valence-corrected chi connectivity index (χ1v) is 9.47. The Kier molecular flexibility index (Phi) is 7.71. The minimum absolute atomic E-state index is 0.100. The highest BCUT2D eigenvalue weighted by molar-refractivity contribution is 5.73. The van der Waals surface area contributed by atoms with Gasteiger partial charge in [-0.15, -0.1) is 0 Å². The van der Waals surface area contributed by atoms with Crippen LogP contribution in [0.1, 0.15) is 44.2 Å². The second kappa shape index (κ2) is 10.0. The van der Waals surface area contributed by atoms with E-state index in [2.05, 4.69) is 26.0 Å². The van der Waals surface area contributed by atoms with Crippen LogP contribution >= 0.6 is 0 Å². The van der Waals surface area contributed by atoms with Crippen LogP contribution in [0.15, 0.2) is 48.5 Å². The number of rotatable bonds is 9. The number of methoxy groups -OCH3 is 2. The lowest BCUT2D eigenvalue weighted by Gasteiger charge is -2.27. The van der Waals surface area contributed by atoms with Crippen LogP contribution in [0.2, 0.25) is 0 Å². The first kappa shape index (κ1) is 20.8. The molecule has 0 aromatic heterocycles. The average Bonchev–Trinajstić information content (AvgIpc) is 2.67. The SMILES string of the molecule is COc1ccc(CN(CCC(c2ccc(OC)cc2)C(C)C)C(C)=O)cc1. The van der Waals surface area contributed by atoms with Gasteiger partial charge in [0, 0.05) is 20.0 Å². The smallest absolute Gasteiger partial charge is 0.219 e. The summed E-state index contributed by atoms with van der Waals surface area (Å²) in [4.78, 5) is 14.1. The number of amides is 1. The van der Waals surface area contributed by atoms with Crippen LogP contribution in [0.25, 0.3) is 0 Å². The molecule has 0 bridgehead atoms. The maximum absolute atomic E-state index is 12.2. The van der Waals surface area contributed by atoms with Gasteiger partial charge in [0.05, 0.1) is 14.2 Å². The average molecular weight is 370 g/mol. The van der Waals surface area contributed by atoms with Gasteiger partial charge >= 0.3 is 0 Å². The number of carbonyl (C=O) groups excluding carboxylic acids is 1. The Morgan fingerprint density at radius 2 is 1.44 bits per heavy atom. The van der Waals surface area contributed by atoms with Crippen molar-refractivity contribution in [2.75, 3.05) is 20.8 Å². The maximum Gasteiger partial charge on any atom is 0.219 e. The van der Waals surface area contributed by atoms with Gasteiger partial charge in [0.2, 0.25) is 5.91 Å². The van der Waals surface area contributed by atoms with Crippen LogP contribution in [0.5, 0.6) is 11.5 Å². The molecule has 4 nitrogen and oxygen atoms in total. The van der Waals surface area contributed by atoms with Crippen molar-refractivity contribution in [3.8, 4) is 11.5 Å². The molecule has 2 aromatic rings. The molecule has 0 N–H and O–H groups in total. The summed E-state index contributed by atoms with van der Waals surface area (Å²) >= 11 is 0. The molecule has 4 heteroatoms. The zero-order valence-corrected chi connectivity index (χ0v) is 17.1. The molecule has 0 saturated heterocycles. The van der Waals surface area contributed by atoms with Crippen molar-refractivity contribution >= 4 is 5.91 Å². The maximum atomic E-state index is 12.2. The van der Waals surface area contributed by atoms with Crippen molar-refractivity contribution < 1.29 is 14.3 Å². The third-order valence-corrected chi connectivity index (χ3v) is 5.04. The Balaban J connectivity index is 2.05. The van der Waals surface area contributed by atoms with E-state index < -0.39 is 0 Å². The number of ether oxygens (including phenoxy) is 2. The van der Waals surface area contributed by atoms with Gasteiger partial charge in [0.25, 0.3) is 0 Å². The van der Waals surface area contributed by atoms with Crippen LogP contribution in [-0.4, -0.2) is 31.6 Å². The van der Waals surface area contributed by atoms with Gasteiger partial charge in [-0.3, -0.25) is 4.79 Å². The molecule has 146 valence electrons. The molecule has 1 unspecified atom stereocenters. The van der Waals surface area contributed by atoms with E-state index in [1.54, 1.807) is 21.1 Å². The van der Waals surface area contributed by atoms with E-state index in [1.165, 1.54) is 5.56 Å². The summed E-state index contributed by atoms with van der Waals surface area (Å²) in [5.74, 6) is 2.68. The molecule has 0 fully saturated rings. The summed E-state index contributed by atoms with van der Waals surface area (Å²) in [6.45, 7) is 7.46. The molecule has 27 heavy (non-hydrogen) atoms. The highest BCUT2D eigenvalue weighted by atomic mass is 16.5. The predicted octanol–water partition coefficient (Wildman–Crippen LogP) is 4.88. The summed E-state index contributed by atoms with van der Waals surface area (Å²) in [5.41, 5.74) is 2.40. The Labute approximate surface area is 163 Å². The zero-order chi connectivity index (χ0) is 19.8. The molecular formula is C23H31NO3. The van der Waals surface area contributed by atoms with Gasteiger partial charge in [-0.25, -0.2) is 0 Å². The molecule has 1 amide bonds. The Hall–Kier alpha value is -2.49. The molecule has 0 aliphatic carbocycles. The van der Waals surface area contributed by atoms with E-state index >= 15 is 0 Å². The standard InChI is InChI=1S/C23H31NO3/c1-17(2)23(20-8-12-22(27-5)13-9-20)14-15-24(18(3)25)16-19-6-10-21(26-4)11-7-19/h6-13,17,23H,14-16H2,1-5H3. The molecule has 0 heterocycles. The summed E-state index contributed by atoms with van der Waals surface area (Å²) in [5, 5.41) is 0. The fraction of sp³-hybridized carbons (Fsp3) is 0.435. The largest absolute Gasteiger partial charge is 0.497 e. The third kappa shape index (κ3) is 6.02. The normalized spacial score (nSPS) is 11.9. The number of hydrogen-bond acceptors (Lipinski definition) is 3. The first-order chi connectivity index (χ1) is 12.9. The molecule has 2 rings (SSSR count). The van der Waals surface area contributed by atoms with Crippen LogP contribution < -0.4 is 9.47 Å². The molecule has 1 atom stereocenters. The first-order valence-electron chi connectivity index (χ1n) is 9.47. The Morgan fingerprint density at radius 1 is 0.926 bits per heavy atom. The van der Waals surface area contributed by atoms with Gasteiger partial charge in [-0.1, -0.05) is 38.1 Å². The molecule has 0 aliphatic heterocycles. The van der Waals surface area contributed by atoms with Gasteiger partial charge in [0.15, 0.2) is 0 Å². The van der Waals surface area contributed by atoms with E-state index in [0.717, 1.165) is 30.0 Å². The second-order valence-electron chi connectivity index (χ2n) is 7.20. The number of nitrogens with zero attached hydrogens (tertiary/aromatic N) is 1. The number of hydrogen-bond donors (Lipinski definition) is 0. The monoisotopic (exact) mass is 369 g/mol. The molecular weight excluding hydrogens is 338 g/mol. The van der Waals surface area contributed by atoms with Gasteiger partial charge < -0.3 is 14.4 Å². The zero-order valence-electron chi connectivity index (χ0n) is 17.1. The topological polar surface area (TPSA) is 38.8 Å². The summed E-state index contributed by atoms with van der Waals surface area (Å²) in [7, 11) is 3.33. The molecule has 0 saturated carbocycles. The van der Waals surface area contributed by atoms with Gasteiger partial charge in [0.1, 0.15) is 11.5 Å². The highest BCUT2D eigenvalue weighted by Crippen LogP contribution is 2.29. The van der Waals surface area contributed by atoms with E-state index in [9.17, 15) is 4.79 Å². The lowest BCUT2D eigenvalue weighted by molar-refractivity contribution is -0.129. The molecule has 0 aliphatic rings. The number of benzene rings is 2. The van der Waals surface area contributed by atoms with Crippen LogP contribution in [0.3, 0.4) is 0 Å². The van der Waals surface area contributed by atoms with E-state index in [4.69, 9.17) is 9.47 Å². The Morgan fingerprint density at radius 3 is 1.89 bits per heavy atom. The number of carbonyl (C=O) groups is 1. The minimum atomic E-state index is 0.100. The van der Waals surface area contributed by atoms with Gasteiger partial charge in [-0.05, 0) is 53.6 Å². The van der Waals surface area contributed by atoms with Crippen molar-refractivity contribution in [3.05, 3.63) is 59.7 Å². The Bertz CT molecular complexity index is 707. The summed E-state index contributed by atoms with van der Waals surface area (Å²) in [6, 6.07) is 16.2. The van der Waals surface area contributed by atoms with Crippen molar-refractivity contribution in [3.63, 3.8) is 0 Å². The minimum Gasteiger partial charge on any atom is -0.497 e. The van der Waals surface area contributed by atoms with Crippen molar-refractivity contribution in [2.45, 2.75) is 39.7 Å². The van der Waals surface area contributed by atoms with E-state index in [-0.39, 0.29) is 5.91 Å². The summed E-state index contributed by atoms with van der Waals surface area (Å²) in [6.07, 6.45) is 0.930. The van der Waals surface area contributed by atoms with Crippen molar-refractivity contribution in [1.29, 1.82) is 0 Å². The lowest BCUT2D eigenvalue weighted by Crippen LogP contribution is -2.30. The van der Waals surface area contributed by atoms with E-state index in [0.29, 0.717) is 18.4 Å². The fourth-order valence-electron chi connectivity index (χ4n) is 3.33. The third-order valence-electron chi connectivity index (χ3n) is 5.04. The molecule has 2 aromatic carbocycles. The van der Waals surface area contributed by atoms with Crippen LogP contribution in [-0.2, 0) is 11.3 Å². The predicted molar refractivity (Wildman–Crippen MR) is 109 cm³/mol. The van der Waals surface area contributed by atoms with Crippen LogP contribution in [0, 0.1) is 5.92 Å². The highest BCUT2D eigenvalue weighted by Gasteiger charge is 2.19. The van der Waals surface area contributed by atoms with Crippen LogP contribution in [0.4, 0.5) is 0 Å². The lowest BCUT2D eigenvalue weighted by atomic mass is 9.85. The van der Waals surface area contributed by atoms with Crippen molar-refractivity contribution in [2.24, 2.45) is 5.92 Å². The van der Waals surface area contributed by atoms with Gasteiger partial charge in [-0.2, -0.15) is 0 Å². The quantitative estimate of drug-likeness (QED) is 0.632. The van der Waals surface area contributed by atoms with E-state index in [1.807, 2.05) is 41.3 Å². The fourth-order valence-corrected chi connectivity index (χ4v) is 3.33. The van der Waals surface area contributed by atoms with Crippen molar-refractivity contribution in [1.82, 2.24) is 4.90 Å². The molecule has 0 radical (unpaired) electrons.